The zero-order valence-corrected chi connectivity index (χ0v) is 39.7. The van der Waals surface area contributed by atoms with Crippen molar-refractivity contribution in [2.24, 2.45) is 16.8 Å². The van der Waals surface area contributed by atoms with Crippen molar-refractivity contribution in [2.75, 3.05) is 30.0 Å². The van der Waals surface area contributed by atoms with Crippen LogP contribution in [0.4, 0.5) is 22.7 Å². The van der Waals surface area contributed by atoms with Crippen LogP contribution in [0.15, 0.2) is 180 Å². The van der Waals surface area contributed by atoms with E-state index in [-0.39, 0.29) is 11.8 Å². The van der Waals surface area contributed by atoms with Crippen molar-refractivity contribution in [1.29, 1.82) is 0 Å². The lowest BCUT2D eigenvalue weighted by Crippen LogP contribution is -2.29. The van der Waals surface area contributed by atoms with E-state index < -0.39 is 0 Å². The Labute approximate surface area is 376 Å². The maximum absolute atomic E-state index is 6.35. The molecule has 62 heavy (non-hydrogen) atoms. The molecule has 0 aliphatic heterocycles. The molecule has 0 saturated carbocycles. The van der Waals surface area contributed by atoms with Gasteiger partial charge in [0.1, 0.15) is 0 Å². The topological polar surface area (TPSA) is 53.6 Å². The van der Waals surface area contributed by atoms with Crippen molar-refractivity contribution in [2.45, 2.75) is 87.6 Å². The molecule has 4 aromatic rings. The Balaban J connectivity index is 0.000000848. The van der Waals surface area contributed by atoms with Crippen molar-refractivity contribution >= 4 is 40.6 Å². The summed E-state index contributed by atoms with van der Waals surface area (Å²) in [6.45, 7) is 29.9. The first-order valence-electron chi connectivity index (χ1n) is 22.5. The number of hydrogen-bond donors (Lipinski definition) is 2. The second-order valence-electron chi connectivity index (χ2n) is 15.3. The Kier molecular flexibility index (Phi) is 20.7. The van der Waals surface area contributed by atoms with Gasteiger partial charge in [0.2, 0.25) is 0 Å². The molecule has 3 N–H and O–H groups in total. The maximum Gasteiger partial charge on any atom is 0.0641 e. The molecule has 0 amide bonds. The predicted octanol–water partition coefficient (Wildman–Crippen LogP) is 15.7. The number of rotatable bonds is 11. The molecule has 326 valence electrons. The summed E-state index contributed by atoms with van der Waals surface area (Å²) in [5.41, 5.74) is 24.7. The van der Waals surface area contributed by atoms with Crippen LogP contribution in [0.3, 0.4) is 0 Å². The molecule has 4 nitrogen and oxygen atoms in total. The number of aryl methyl sites for hydroxylation is 1. The van der Waals surface area contributed by atoms with Gasteiger partial charge in [-0.1, -0.05) is 169 Å². The van der Waals surface area contributed by atoms with Crippen LogP contribution in [-0.4, -0.2) is 26.9 Å². The Bertz CT molecular complexity index is 2290. The number of nitrogens with zero attached hydrogens (tertiary/aromatic N) is 2. The summed E-state index contributed by atoms with van der Waals surface area (Å²) in [7, 11) is 3.73. The molecule has 3 atom stereocenters. The van der Waals surface area contributed by atoms with Crippen LogP contribution in [0.5, 0.6) is 0 Å². The van der Waals surface area contributed by atoms with Crippen molar-refractivity contribution in [3.63, 3.8) is 0 Å². The predicted molar refractivity (Wildman–Crippen MR) is 279 cm³/mol. The molecule has 0 heterocycles. The number of allylic oxidation sites excluding steroid dienone is 14. The highest BCUT2D eigenvalue weighted by Crippen LogP contribution is 2.52. The third kappa shape index (κ3) is 12.3. The SMILES string of the molecule is C=C/C(=C1/C=CC2=CC=C(c3ccc(C)c(NC(C)CC)c3)C3=CC=C(C)C1C23)c1ccc(Cc2ccccc2N(C)c2ccccc2N)cc1.C=CCC.C=NC.CC.CC. The van der Waals surface area contributed by atoms with E-state index in [9.17, 15) is 0 Å². The molecule has 0 radical (unpaired) electrons. The number of aliphatic imine (C=N–C) groups is 1. The average molecular weight is 827 g/mol. The van der Waals surface area contributed by atoms with Crippen LogP contribution in [0, 0.1) is 18.8 Å². The van der Waals surface area contributed by atoms with Crippen LogP contribution in [0.25, 0.3) is 11.1 Å². The van der Waals surface area contributed by atoms with Gasteiger partial charge in [-0.15, -0.1) is 6.58 Å². The normalized spacial score (nSPS) is 16.6. The first-order chi connectivity index (χ1) is 30.1. The average Bonchev–Trinajstić information content (AvgIpc) is 3.31. The summed E-state index contributed by atoms with van der Waals surface area (Å²) >= 11 is 0. The summed E-state index contributed by atoms with van der Waals surface area (Å²) in [4.78, 5) is 5.44. The van der Waals surface area contributed by atoms with E-state index in [4.69, 9.17) is 5.73 Å². The highest BCUT2D eigenvalue weighted by atomic mass is 15.1. The Hall–Kier alpha value is -6.13. The maximum atomic E-state index is 6.35. The van der Waals surface area contributed by atoms with Crippen molar-refractivity contribution in [3.8, 4) is 0 Å². The monoisotopic (exact) mass is 827 g/mol. The van der Waals surface area contributed by atoms with Gasteiger partial charge < -0.3 is 20.9 Å². The standard InChI is InChI=1S/C48H49N3.C4H8.C2H5N.2C2H6/c1-7-33(5)50-44-30-37(21-17-31(44)3)40-27-24-36-25-28-41(47-32(4)18-26-42(40)48(36)47)39(8-2)35-22-19-34(20-23-35)29-38-13-9-11-15-45(38)51(6)46-16-12-10-14-43(46)49;1-3-4-2;1-3-2;2*1-2/h8-28,30,33,47-48,50H,2,7,29,49H2,1,3-6H3;3H,1,4H2,2H3;1H2,2H3;2*1-2H3/b41-39+;;;;. The number of benzene rings is 4. The summed E-state index contributed by atoms with van der Waals surface area (Å²) in [5.74, 6) is 0.511. The van der Waals surface area contributed by atoms with Crippen LogP contribution in [0.2, 0.25) is 0 Å². The van der Waals surface area contributed by atoms with Gasteiger partial charge in [-0.2, -0.15) is 0 Å². The first-order valence-corrected chi connectivity index (χ1v) is 22.5. The molecule has 0 fully saturated rings. The molecular weight excluding hydrogens is 753 g/mol. The number of nitrogens with two attached hydrogens (primary N) is 1. The van der Waals surface area contributed by atoms with Crippen molar-refractivity contribution < 1.29 is 0 Å². The molecule has 3 aliphatic carbocycles. The molecule has 4 aromatic carbocycles. The molecular formula is C58H74N4. The summed E-state index contributed by atoms with van der Waals surface area (Å²) in [6, 6.07) is 33.0. The number of hydrogen-bond acceptors (Lipinski definition) is 4. The molecule has 3 unspecified atom stereocenters. The third-order valence-electron chi connectivity index (χ3n) is 11.3. The fraction of sp³-hybridized carbons (Fsp3) is 0.293. The minimum Gasteiger partial charge on any atom is -0.397 e. The van der Waals surface area contributed by atoms with Gasteiger partial charge in [0.25, 0.3) is 0 Å². The Morgan fingerprint density at radius 1 is 0.823 bits per heavy atom. The highest BCUT2D eigenvalue weighted by molar-refractivity contribution is 5.88. The minimum absolute atomic E-state index is 0.244. The number of para-hydroxylation sites is 3. The van der Waals surface area contributed by atoms with Crippen molar-refractivity contribution in [3.05, 3.63) is 203 Å². The quantitative estimate of drug-likeness (QED) is 0.0900. The number of nitrogen functional groups attached to an aromatic ring is 1. The third-order valence-corrected chi connectivity index (χ3v) is 11.3. The zero-order valence-electron chi connectivity index (χ0n) is 39.7. The second-order valence-corrected chi connectivity index (χ2v) is 15.3. The van der Waals surface area contributed by atoms with Crippen LogP contribution in [0.1, 0.15) is 96.0 Å². The van der Waals surface area contributed by atoms with Gasteiger partial charge >= 0.3 is 0 Å². The molecule has 0 bridgehead atoms. The van der Waals surface area contributed by atoms with E-state index in [1.165, 1.54) is 66.9 Å². The fourth-order valence-electron chi connectivity index (χ4n) is 7.92. The van der Waals surface area contributed by atoms with Gasteiger partial charge in [-0.3, -0.25) is 0 Å². The smallest absolute Gasteiger partial charge is 0.0641 e. The van der Waals surface area contributed by atoms with Crippen LogP contribution in [-0.2, 0) is 6.42 Å². The lowest BCUT2D eigenvalue weighted by atomic mass is 9.63. The number of nitrogens with one attached hydrogen (secondary N) is 1. The van der Waals surface area contributed by atoms with E-state index in [1.54, 1.807) is 7.05 Å². The van der Waals surface area contributed by atoms with E-state index >= 15 is 0 Å². The first kappa shape index (κ1) is 50.2. The van der Waals surface area contributed by atoms with E-state index in [1.807, 2.05) is 52.0 Å². The lowest BCUT2D eigenvalue weighted by molar-refractivity contribution is 0.561. The number of anilines is 4. The minimum atomic E-state index is 0.244. The highest BCUT2D eigenvalue weighted by Gasteiger charge is 2.38. The van der Waals surface area contributed by atoms with Gasteiger partial charge in [-0.25, -0.2) is 0 Å². The van der Waals surface area contributed by atoms with Crippen LogP contribution < -0.4 is 16.0 Å². The fourth-order valence-corrected chi connectivity index (χ4v) is 7.92. The molecule has 4 heteroatoms. The summed E-state index contributed by atoms with van der Waals surface area (Å²) < 4.78 is 0. The van der Waals surface area contributed by atoms with Crippen molar-refractivity contribution in [1.82, 2.24) is 0 Å². The molecule has 0 aromatic heterocycles. The lowest BCUT2D eigenvalue weighted by Gasteiger charge is -2.41. The molecule has 0 spiro atoms. The van der Waals surface area contributed by atoms with E-state index in [2.05, 4.69) is 192 Å². The molecule has 0 saturated heterocycles. The van der Waals surface area contributed by atoms with E-state index in [0.29, 0.717) is 6.04 Å². The van der Waals surface area contributed by atoms with Crippen LogP contribution >= 0.6 is 0 Å². The van der Waals surface area contributed by atoms with Gasteiger partial charge in [0.05, 0.1) is 11.4 Å². The largest absolute Gasteiger partial charge is 0.397 e. The van der Waals surface area contributed by atoms with Gasteiger partial charge in [-0.05, 0) is 127 Å². The molecule has 3 aliphatic rings. The molecule has 7 rings (SSSR count). The van der Waals surface area contributed by atoms with Gasteiger partial charge in [0, 0.05) is 43.3 Å². The Morgan fingerprint density at radius 3 is 2.06 bits per heavy atom. The second kappa shape index (κ2) is 25.6. The Morgan fingerprint density at radius 2 is 1.45 bits per heavy atom. The van der Waals surface area contributed by atoms with Gasteiger partial charge in [0.15, 0.2) is 0 Å². The summed E-state index contributed by atoms with van der Waals surface area (Å²) in [6.07, 6.45) is 20.9. The summed E-state index contributed by atoms with van der Waals surface area (Å²) in [5, 5.41) is 3.73. The zero-order chi connectivity index (χ0) is 45.8. The van der Waals surface area contributed by atoms with E-state index in [0.717, 1.165) is 36.3 Å².